The number of nitrogens with zero attached hydrogens (tertiary/aromatic N) is 1. The van der Waals surface area contributed by atoms with Crippen molar-refractivity contribution in [2.75, 3.05) is 0 Å². The van der Waals surface area contributed by atoms with Crippen molar-refractivity contribution < 1.29 is 9.21 Å². The number of aromatic amines is 1. The van der Waals surface area contributed by atoms with Gasteiger partial charge in [-0.05, 0) is 43.2 Å². The highest BCUT2D eigenvalue weighted by Gasteiger charge is 2.15. The van der Waals surface area contributed by atoms with Crippen LogP contribution in [0.15, 0.2) is 45.8 Å². The summed E-state index contributed by atoms with van der Waals surface area (Å²) < 4.78 is 5.31. The van der Waals surface area contributed by atoms with Crippen molar-refractivity contribution in [3.8, 4) is 0 Å². The van der Waals surface area contributed by atoms with Gasteiger partial charge in [0.15, 0.2) is 0 Å². The molecule has 1 aromatic carbocycles. The zero-order valence-corrected chi connectivity index (χ0v) is 14.1. The summed E-state index contributed by atoms with van der Waals surface area (Å²) >= 11 is 0. The first kappa shape index (κ1) is 16.1. The van der Waals surface area contributed by atoms with Crippen LogP contribution in [0.25, 0.3) is 10.9 Å². The minimum atomic E-state index is -0.165. The number of hydrogen-bond donors (Lipinski definition) is 1. The molecule has 0 saturated heterocycles. The Balaban J connectivity index is 1.98. The first-order valence-electron chi connectivity index (χ1n) is 7.85. The fourth-order valence-electron chi connectivity index (χ4n) is 2.81. The number of hydrogen-bond acceptors (Lipinski definition) is 3. The fourth-order valence-corrected chi connectivity index (χ4v) is 2.81. The molecule has 0 spiro atoms. The Morgan fingerprint density at radius 1 is 1.17 bits per heavy atom. The van der Waals surface area contributed by atoms with E-state index in [2.05, 4.69) is 4.98 Å². The lowest BCUT2D eigenvalue weighted by atomic mass is 10.0. The van der Waals surface area contributed by atoms with Crippen molar-refractivity contribution in [1.82, 2.24) is 9.88 Å². The van der Waals surface area contributed by atoms with E-state index >= 15 is 0 Å². The van der Waals surface area contributed by atoms with Crippen LogP contribution in [-0.4, -0.2) is 15.8 Å². The zero-order valence-electron chi connectivity index (χ0n) is 14.1. The van der Waals surface area contributed by atoms with Crippen molar-refractivity contribution in [2.24, 2.45) is 0 Å². The minimum Gasteiger partial charge on any atom is -0.467 e. The molecule has 3 rings (SSSR count). The minimum absolute atomic E-state index is 0.105. The summed E-state index contributed by atoms with van der Waals surface area (Å²) in [5.74, 6) is 0.585. The number of H-pyrrole nitrogens is 1. The number of benzene rings is 1. The van der Waals surface area contributed by atoms with Gasteiger partial charge in [0.1, 0.15) is 5.76 Å². The van der Waals surface area contributed by atoms with Gasteiger partial charge in [-0.3, -0.25) is 9.59 Å². The first-order chi connectivity index (χ1) is 11.5. The summed E-state index contributed by atoms with van der Waals surface area (Å²) in [5.41, 5.74) is 3.37. The average molecular weight is 324 g/mol. The zero-order chi connectivity index (χ0) is 17.3. The van der Waals surface area contributed by atoms with Crippen LogP contribution in [0.3, 0.4) is 0 Å². The lowest BCUT2D eigenvalue weighted by molar-refractivity contribution is -0.130. The van der Waals surface area contributed by atoms with E-state index in [-0.39, 0.29) is 18.0 Å². The number of carbonyl (C=O) groups excluding carboxylic acids is 1. The second-order valence-electron chi connectivity index (χ2n) is 6.07. The Morgan fingerprint density at radius 3 is 2.58 bits per heavy atom. The predicted octanol–water partition coefficient (Wildman–Crippen LogP) is 3.29. The van der Waals surface area contributed by atoms with E-state index in [1.54, 1.807) is 17.2 Å². The van der Waals surface area contributed by atoms with Gasteiger partial charge in [-0.25, -0.2) is 0 Å². The molecule has 0 bridgehead atoms. The fraction of sp³-hybridized carbons (Fsp3) is 0.263. The molecule has 1 amide bonds. The smallest absolute Gasteiger partial charge is 0.253 e. The SMILES string of the molecule is CC(=O)N(Cc1ccco1)Cc1cc2c(C)ccc(C)c2[nH]c1=O. The number of furan rings is 1. The van der Waals surface area contributed by atoms with Gasteiger partial charge >= 0.3 is 0 Å². The van der Waals surface area contributed by atoms with E-state index in [9.17, 15) is 9.59 Å². The highest BCUT2D eigenvalue weighted by molar-refractivity contribution is 5.85. The van der Waals surface area contributed by atoms with Crippen LogP contribution < -0.4 is 5.56 Å². The maximum absolute atomic E-state index is 12.4. The maximum Gasteiger partial charge on any atom is 0.253 e. The summed E-state index contributed by atoms with van der Waals surface area (Å²) in [7, 11) is 0. The lowest BCUT2D eigenvalue weighted by Gasteiger charge is -2.20. The standard InChI is InChI=1S/C19H20N2O3/c1-12-6-7-13(2)18-17(12)9-15(19(23)20-18)10-21(14(3)22)11-16-5-4-8-24-16/h4-9H,10-11H2,1-3H3,(H,20,23). The summed E-state index contributed by atoms with van der Waals surface area (Å²) in [5, 5.41) is 1.01. The third kappa shape index (κ3) is 3.11. The van der Waals surface area contributed by atoms with Gasteiger partial charge in [-0.2, -0.15) is 0 Å². The Morgan fingerprint density at radius 2 is 1.92 bits per heavy atom. The normalized spacial score (nSPS) is 11.0. The molecule has 24 heavy (non-hydrogen) atoms. The van der Waals surface area contributed by atoms with E-state index in [1.807, 2.05) is 38.1 Å². The number of carbonyl (C=O) groups is 1. The molecule has 0 atom stereocenters. The molecule has 3 aromatic rings. The highest BCUT2D eigenvalue weighted by Crippen LogP contribution is 2.20. The molecule has 0 aliphatic heterocycles. The van der Waals surface area contributed by atoms with Crippen LogP contribution in [0.4, 0.5) is 0 Å². The molecule has 124 valence electrons. The van der Waals surface area contributed by atoms with Gasteiger partial charge in [0.25, 0.3) is 5.56 Å². The van der Waals surface area contributed by atoms with Gasteiger partial charge in [-0.1, -0.05) is 12.1 Å². The lowest BCUT2D eigenvalue weighted by Crippen LogP contribution is -2.30. The molecule has 0 aliphatic rings. The van der Waals surface area contributed by atoms with Crippen molar-refractivity contribution >= 4 is 16.8 Å². The summed E-state index contributed by atoms with van der Waals surface area (Å²) in [6, 6.07) is 9.50. The maximum atomic E-state index is 12.4. The van der Waals surface area contributed by atoms with Crippen molar-refractivity contribution in [3.05, 3.63) is 69.4 Å². The number of fused-ring (bicyclic) bond motifs is 1. The van der Waals surface area contributed by atoms with E-state index in [4.69, 9.17) is 4.42 Å². The number of nitrogens with one attached hydrogen (secondary N) is 1. The Labute approximate surface area is 139 Å². The molecule has 0 saturated carbocycles. The third-order valence-electron chi connectivity index (χ3n) is 4.25. The predicted molar refractivity (Wildman–Crippen MR) is 92.7 cm³/mol. The van der Waals surface area contributed by atoms with Crippen LogP contribution in [0, 0.1) is 13.8 Å². The third-order valence-corrected chi connectivity index (χ3v) is 4.25. The van der Waals surface area contributed by atoms with E-state index in [0.29, 0.717) is 17.9 Å². The van der Waals surface area contributed by atoms with Gasteiger partial charge in [-0.15, -0.1) is 0 Å². The summed E-state index contributed by atoms with van der Waals surface area (Å²) in [6.07, 6.45) is 1.57. The van der Waals surface area contributed by atoms with Crippen molar-refractivity contribution in [1.29, 1.82) is 0 Å². The molecular weight excluding hydrogens is 304 g/mol. The molecule has 0 aliphatic carbocycles. The van der Waals surface area contributed by atoms with E-state index in [1.165, 1.54) is 6.92 Å². The second kappa shape index (κ2) is 6.35. The molecule has 5 heteroatoms. The Hall–Kier alpha value is -2.82. The Kier molecular flexibility index (Phi) is 4.25. The number of pyridine rings is 1. The number of amides is 1. The van der Waals surface area contributed by atoms with Gasteiger partial charge in [0, 0.05) is 17.9 Å². The Bertz CT molecular complexity index is 939. The first-order valence-corrected chi connectivity index (χ1v) is 7.85. The van der Waals surface area contributed by atoms with Gasteiger partial charge < -0.3 is 14.3 Å². The van der Waals surface area contributed by atoms with Crippen molar-refractivity contribution in [3.63, 3.8) is 0 Å². The van der Waals surface area contributed by atoms with E-state index in [0.717, 1.165) is 22.0 Å². The molecule has 0 unspecified atom stereocenters. The number of aryl methyl sites for hydroxylation is 2. The van der Waals surface area contributed by atoms with Crippen molar-refractivity contribution in [2.45, 2.75) is 33.9 Å². The molecule has 0 radical (unpaired) electrons. The quantitative estimate of drug-likeness (QED) is 0.801. The van der Waals surface area contributed by atoms with Crippen LogP contribution >= 0.6 is 0 Å². The van der Waals surface area contributed by atoms with Gasteiger partial charge in [0.05, 0.1) is 24.9 Å². The monoisotopic (exact) mass is 324 g/mol. The molecule has 2 aromatic heterocycles. The number of rotatable bonds is 4. The average Bonchev–Trinajstić information content (AvgIpc) is 3.04. The topological polar surface area (TPSA) is 66.3 Å². The largest absolute Gasteiger partial charge is 0.467 e. The van der Waals surface area contributed by atoms with Crippen LogP contribution in [0.2, 0.25) is 0 Å². The molecule has 1 N–H and O–H groups in total. The molecule has 5 nitrogen and oxygen atoms in total. The molecule has 2 heterocycles. The second-order valence-corrected chi connectivity index (χ2v) is 6.07. The summed E-state index contributed by atoms with van der Waals surface area (Å²) in [6.45, 7) is 6.06. The van der Waals surface area contributed by atoms with E-state index < -0.39 is 0 Å². The number of aromatic nitrogens is 1. The molecule has 0 fully saturated rings. The van der Waals surface area contributed by atoms with Crippen LogP contribution in [0.1, 0.15) is 29.4 Å². The highest BCUT2D eigenvalue weighted by atomic mass is 16.3. The van der Waals surface area contributed by atoms with Gasteiger partial charge in [0.2, 0.25) is 5.91 Å². The van der Waals surface area contributed by atoms with Crippen LogP contribution in [-0.2, 0) is 17.9 Å². The summed E-state index contributed by atoms with van der Waals surface area (Å²) in [4.78, 5) is 28.9. The van der Waals surface area contributed by atoms with Crippen LogP contribution in [0.5, 0.6) is 0 Å². The molecular formula is C19H20N2O3.